The topological polar surface area (TPSA) is 130 Å². The number of hydrogen-bond acceptors (Lipinski definition) is 5. The molecule has 2 aromatic rings. The molecule has 0 saturated carbocycles. The molecule has 4 amide bonds. The zero-order chi connectivity index (χ0) is 18.9. The summed E-state index contributed by atoms with van der Waals surface area (Å²) in [4.78, 5) is 45.8. The lowest BCUT2D eigenvalue weighted by molar-refractivity contribution is -0.384. The molecule has 0 aromatic heterocycles. The van der Waals surface area contributed by atoms with Gasteiger partial charge in [-0.05, 0) is 36.8 Å². The predicted octanol–water partition coefficient (Wildman–Crippen LogP) is 1.90. The molecule has 2 aromatic carbocycles. The van der Waals surface area contributed by atoms with Gasteiger partial charge in [-0.15, -0.1) is 0 Å². The molecule has 1 fully saturated rings. The summed E-state index contributed by atoms with van der Waals surface area (Å²) < 4.78 is 0. The lowest BCUT2D eigenvalue weighted by Gasteiger charge is -2.21. The monoisotopic (exact) mass is 354 g/mol. The van der Waals surface area contributed by atoms with Crippen molar-refractivity contribution < 1.29 is 19.3 Å². The van der Waals surface area contributed by atoms with E-state index >= 15 is 0 Å². The maximum Gasteiger partial charge on any atom is 0.322 e. The van der Waals surface area contributed by atoms with Crippen molar-refractivity contribution in [2.45, 2.75) is 12.5 Å². The number of amides is 4. The zero-order valence-electron chi connectivity index (χ0n) is 13.6. The summed E-state index contributed by atoms with van der Waals surface area (Å²) in [6.07, 6.45) is 0. The van der Waals surface area contributed by atoms with E-state index in [1.807, 2.05) is 0 Å². The molecule has 3 rings (SSSR count). The highest BCUT2D eigenvalue weighted by Crippen LogP contribution is 2.26. The highest BCUT2D eigenvalue weighted by atomic mass is 16.6. The van der Waals surface area contributed by atoms with Crippen LogP contribution in [0.4, 0.5) is 16.2 Å². The molecule has 0 aliphatic carbocycles. The third kappa shape index (κ3) is 3.09. The second-order valence-corrected chi connectivity index (χ2v) is 5.87. The Labute approximate surface area is 147 Å². The largest absolute Gasteiger partial charge is 0.322 e. The number of nitrogens with zero attached hydrogens (tertiary/aromatic N) is 1. The molecule has 132 valence electrons. The van der Waals surface area contributed by atoms with Gasteiger partial charge in [0.2, 0.25) is 0 Å². The van der Waals surface area contributed by atoms with E-state index in [0.717, 1.165) is 0 Å². The second kappa shape index (κ2) is 6.28. The van der Waals surface area contributed by atoms with Crippen molar-refractivity contribution in [3.05, 3.63) is 69.8 Å². The summed E-state index contributed by atoms with van der Waals surface area (Å²) in [5.74, 6) is -0.941. The van der Waals surface area contributed by atoms with Gasteiger partial charge in [-0.2, -0.15) is 0 Å². The molecular formula is C17H14N4O5. The van der Waals surface area contributed by atoms with Gasteiger partial charge >= 0.3 is 6.03 Å². The Hall–Kier alpha value is -3.75. The molecule has 1 heterocycles. The van der Waals surface area contributed by atoms with E-state index in [-0.39, 0.29) is 11.3 Å². The molecule has 0 spiro atoms. The third-order valence-corrected chi connectivity index (χ3v) is 4.08. The molecule has 1 aliphatic heterocycles. The second-order valence-electron chi connectivity index (χ2n) is 5.87. The molecule has 9 heteroatoms. The smallest absolute Gasteiger partial charge is 0.322 e. The number of nitrogens with one attached hydrogen (secondary N) is 3. The first-order valence-corrected chi connectivity index (χ1v) is 7.59. The Morgan fingerprint density at radius 3 is 2.42 bits per heavy atom. The maximum absolute atomic E-state index is 12.3. The van der Waals surface area contributed by atoms with Crippen LogP contribution in [0.15, 0.2) is 48.5 Å². The van der Waals surface area contributed by atoms with Gasteiger partial charge in [0.05, 0.1) is 4.92 Å². The van der Waals surface area contributed by atoms with Crippen LogP contribution in [0.1, 0.15) is 22.8 Å². The third-order valence-electron chi connectivity index (χ3n) is 4.08. The number of urea groups is 1. The zero-order valence-corrected chi connectivity index (χ0v) is 13.6. The Morgan fingerprint density at radius 1 is 1.15 bits per heavy atom. The summed E-state index contributed by atoms with van der Waals surface area (Å²) in [6.45, 7) is 1.56. The van der Waals surface area contributed by atoms with Crippen LogP contribution in [0.2, 0.25) is 0 Å². The predicted molar refractivity (Wildman–Crippen MR) is 91.5 cm³/mol. The average Bonchev–Trinajstić information content (AvgIpc) is 2.88. The molecule has 9 nitrogen and oxygen atoms in total. The summed E-state index contributed by atoms with van der Waals surface area (Å²) in [7, 11) is 0. The summed E-state index contributed by atoms with van der Waals surface area (Å²) in [5, 5.41) is 18.0. The van der Waals surface area contributed by atoms with Crippen LogP contribution in [0.25, 0.3) is 0 Å². The van der Waals surface area contributed by atoms with Crippen molar-refractivity contribution in [1.29, 1.82) is 0 Å². The quantitative estimate of drug-likeness (QED) is 0.438. The summed E-state index contributed by atoms with van der Waals surface area (Å²) >= 11 is 0. The van der Waals surface area contributed by atoms with Gasteiger partial charge in [0.15, 0.2) is 0 Å². The number of non-ortho nitro benzene ring substituents is 1. The number of nitro groups is 1. The highest BCUT2D eigenvalue weighted by molar-refractivity contribution is 6.07. The molecule has 0 radical (unpaired) electrons. The van der Waals surface area contributed by atoms with Crippen molar-refractivity contribution in [2.75, 3.05) is 5.32 Å². The van der Waals surface area contributed by atoms with Gasteiger partial charge < -0.3 is 10.6 Å². The minimum absolute atomic E-state index is 0.112. The van der Waals surface area contributed by atoms with Gasteiger partial charge in [0, 0.05) is 23.4 Å². The molecule has 1 saturated heterocycles. The van der Waals surface area contributed by atoms with Crippen molar-refractivity contribution >= 4 is 29.2 Å². The van der Waals surface area contributed by atoms with Crippen LogP contribution in [-0.4, -0.2) is 22.8 Å². The normalized spacial score (nSPS) is 18.8. The fourth-order valence-corrected chi connectivity index (χ4v) is 2.59. The van der Waals surface area contributed by atoms with E-state index in [1.54, 1.807) is 31.2 Å². The first-order chi connectivity index (χ1) is 12.3. The fraction of sp³-hybridized carbons (Fsp3) is 0.118. The molecule has 26 heavy (non-hydrogen) atoms. The van der Waals surface area contributed by atoms with E-state index in [0.29, 0.717) is 11.3 Å². The molecule has 0 bridgehead atoms. The number of carbonyl (C=O) groups excluding carboxylic acids is 3. The van der Waals surface area contributed by atoms with E-state index in [4.69, 9.17) is 0 Å². The van der Waals surface area contributed by atoms with Gasteiger partial charge in [-0.1, -0.05) is 12.1 Å². The van der Waals surface area contributed by atoms with E-state index in [1.165, 1.54) is 24.3 Å². The Bertz CT molecular complexity index is 925. The molecule has 1 aliphatic rings. The van der Waals surface area contributed by atoms with Crippen molar-refractivity contribution in [3.8, 4) is 0 Å². The van der Waals surface area contributed by atoms with Crippen molar-refractivity contribution in [3.63, 3.8) is 0 Å². The number of rotatable bonds is 4. The van der Waals surface area contributed by atoms with Crippen LogP contribution in [0.3, 0.4) is 0 Å². The van der Waals surface area contributed by atoms with Gasteiger partial charge in [0.25, 0.3) is 17.5 Å². The first-order valence-electron chi connectivity index (χ1n) is 7.59. The van der Waals surface area contributed by atoms with E-state index in [9.17, 15) is 24.5 Å². The number of hydrogen-bond donors (Lipinski definition) is 3. The van der Waals surface area contributed by atoms with Crippen LogP contribution >= 0.6 is 0 Å². The minimum Gasteiger partial charge on any atom is -0.322 e. The van der Waals surface area contributed by atoms with Crippen LogP contribution in [0.5, 0.6) is 0 Å². The maximum atomic E-state index is 12.3. The van der Waals surface area contributed by atoms with Gasteiger partial charge in [-0.25, -0.2) is 4.79 Å². The Morgan fingerprint density at radius 2 is 1.85 bits per heavy atom. The lowest BCUT2D eigenvalue weighted by atomic mass is 9.92. The molecule has 1 unspecified atom stereocenters. The van der Waals surface area contributed by atoms with Gasteiger partial charge in [-0.3, -0.25) is 25.0 Å². The average molecular weight is 354 g/mol. The van der Waals surface area contributed by atoms with E-state index in [2.05, 4.69) is 16.0 Å². The Kier molecular flexibility index (Phi) is 4.13. The molecular weight excluding hydrogens is 340 g/mol. The van der Waals surface area contributed by atoms with Crippen LogP contribution in [-0.2, 0) is 10.3 Å². The number of carbonyl (C=O) groups is 3. The van der Waals surface area contributed by atoms with Gasteiger partial charge in [0.1, 0.15) is 5.54 Å². The van der Waals surface area contributed by atoms with Crippen LogP contribution < -0.4 is 16.0 Å². The lowest BCUT2D eigenvalue weighted by Crippen LogP contribution is -2.40. The van der Waals surface area contributed by atoms with Crippen LogP contribution in [0, 0.1) is 10.1 Å². The summed E-state index contributed by atoms with van der Waals surface area (Å²) in [5.41, 5.74) is -0.174. The fourth-order valence-electron chi connectivity index (χ4n) is 2.59. The van der Waals surface area contributed by atoms with Crippen molar-refractivity contribution in [2.24, 2.45) is 0 Å². The first kappa shape index (κ1) is 17.1. The highest BCUT2D eigenvalue weighted by Gasteiger charge is 2.43. The van der Waals surface area contributed by atoms with Crippen molar-refractivity contribution in [1.82, 2.24) is 10.6 Å². The molecule has 3 N–H and O–H groups in total. The number of anilines is 1. The van der Waals surface area contributed by atoms with E-state index < -0.39 is 28.3 Å². The molecule has 1 atom stereocenters. The number of nitro benzene ring substituents is 1. The standard InChI is InChI=1S/C17H14N4O5/c1-17(15(23)19-16(24)20-17)11-3-2-4-12(9-11)18-14(22)10-5-7-13(8-6-10)21(25)26/h2-9H,1H3,(H,18,22)(H2,19,20,23,24). The Balaban J connectivity index is 1.80. The number of benzene rings is 2. The number of imide groups is 1. The summed E-state index contributed by atoms with van der Waals surface area (Å²) in [6, 6.07) is 11.1. The SMILES string of the molecule is CC1(c2cccc(NC(=O)c3ccc([N+](=O)[O-])cc3)c2)NC(=O)NC1=O. The minimum atomic E-state index is -1.23.